The van der Waals surface area contributed by atoms with Crippen LogP contribution in [0.3, 0.4) is 0 Å². The molecule has 0 aliphatic carbocycles. The van der Waals surface area contributed by atoms with Gasteiger partial charge in [-0.05, 0) is 104 Å². The number of hydrogen-bond donors (Lipinski definition) is 4. The molecule has 0 saturated carbocycles. The van der Waals surface area contributed by atoms with Crippen molar-refractivity contribution in [2.75, 3.05) is 10.6 Å². The van der Waals surface area contributed by atoms with Crippen LogP contribution >= 0.6 is 0 Å². The minimum Gasteiger partial charge on any atom is -0.346 e. The number of hydrogen-bond acceptors (Lipinski definition) is 4. The highest BCUT2D eigenvalue weighted by Gasteiger charge is 2.24. The van der Waals surface area contributed by atoms with E-state index in [1.54, 1.807) is 13.8 Å². The molecule has 8 nitrogen and oxygen atoms in total. The molecule has 4 N–H and O–H groups in total. The summed E-state index contributed by atoms with van der Waals surface area (Å²) in [6.07, 6.45) is 0.431. The van der Waals surface area contributed by atoms with Crippen molar-refractivity contribution in [3.8, 4) is 44.5 Å². The lowest BCUT2D eigenvalue weighted by molar-refractivity contribution is -0.116. The van der Waals surface area contributed by atoms with Crippen LogP contribution in [-0.4, -0.2) is 23.6 Å². The standard InChI is InChI=1S/C62H54N4O4/c1-5-55(67)65-59-53(51-27-15-23-45-21-13-25-49(57(45)51)43-29-33-47(34-30-43)61(69)63-39(3)41-17-9-7-10-18-41)37-38-54(60(59)66-56(68)6-2)52-28-16-24-46-22-14-26-50(58(46)52)44-31-35-48(36-32-44)62(70)64-40(4)42-19-11-8-12-20-42/h7-40H,5-6H2,1-4H3,(H,63,69)(H,64,70)(H,65,67)(H,66,68). The summed E-state index contributed by atoms with van der Waals surface area (Å²) >= 11 is 0. The van der Waals surface area contributed by atoms with Crippen LogP contribution in [0.1, 0.15) is 84.5 Å². The summed E-state index contributed by atoms with van der Waals surface area (Å²) in [6, 6.07) is 63.3. The Morgan fingerprint density at radius 1 is 0.371 bits per heavy atom. The lowest BCUT2D eigenvalue weighted by Gasteiger charge is -2.23. The summed E-state index contributed by atoms with van der Waals surface area (Å²) in [5.41, 5.74) is 11.0. The number of carbonyl (C=O) groups excluding carboxylic acids is 4. The van der Waals surface area contributed by atoms with Gasteiger partial charge >= 0.3 is 0 Å². The van der Waals surface area contributed by atoms with Crippen LogP contribution in [0.4, 0.5) is 11.4 Å². The number of carbonyl (C=O) groups is 4. The zero-order valence-corrected chi connectivity index (χ0v) is 39.7. The maximum Gasteiger partial charge on any atom is 0.251 e. The predicted molar refractivity (Wildman–Crippen MR) is 286 cm³/mol. The van der Waals surface area contributed by atoms with Crippen LogP contribution in [0.25, 0.3) is 66.1 Å². The molecule has 0 bridgehead atoms. The molecule has 0 aliphatic heterocycles. The van der Waals surface area contributed by atoms with Gasteiger partial charge in [0, 0.05) is 35.1 Å². The average molecular weight is 919 g/mol. The van der Waals surface area contributed by atoms with Gasteiger partial charge in [-0.1, -0.05) is 184 Å². The molecule has 0 spiro atoms. The van der Waals surface area contributed by atoms with Gasteiger partial charge in [0.15, 0.2) is 0 Å². The third-order valence-corrected chi connectivity index (χ3v) is 13.0. The number of amides is 4. The quantitative estimate of drug-likeness (QED) is 0.0869. The Hall–Kier alpha value is -8.62. The zero-order chi connectivity index (χ0) is 48.7. The molecule has 8 heteroatoms. The van der Waals surface area contributed by atoms with E-state index in [2.05, 4.69) is 57.7 Å². The minimum absolute atomic E-state index is 0.161. The molecular weight excluding hydrogens is 865 g/mol. The third kappa shape index (κ3) is 9.71. The lowest BCUT2D eigenvalue weighted by Crippen LogP contribution is -2.26. The second-order valence-corrected chi connectivity index (χ2v) is 17.5. The Morgan fingerprint density at radius 2 is 0.714 bits per heavy atom. The molecule has 0 radical (unpaired) electrons. The van der Waals surface area contributed by atoms with Crippen molar-refractivity contribution in [3.05, 3.63) is 216 Å². The Labute approximate surface area is 408 Å². The molecule has 4 amide bonds. The second kappa shape index (κ2) is 20.7. The maximum absolute atomic E-state index is 13.7. The molecule has 9 rings (SSSR count). The van der Waals surface area contributed by atoms with E-state index >= 15 is 0 Å². The molecule has 346 valence electrons. The fourth-order valence-electron chi connectivity index (χ4n) is 9.19. The lowest BCUT2D eigenvalue weighted by atomic mass is 9.87. The highest BCUT2D eigenvalue weighted by atomic mass is 16.2. The molecule has 2 atom stereocenters. The van der Waals surface area contributed by atoms with Gasteiger partial charge in [0.25, 0.3) is 11.8 Å². The van der Waals surface area contributed by atoms with Crippen molar-refractivity contribution in [3.63, 3.8) is 0 Å². The first-order valence-electron chi connectivity index (χ1n) is 23.8. The van der Waals surface area contributed by atoms with Gasteiger partial charge in [0.2, 0.25) is 11.8 Å². The molecule has 0 aromatic heterocycles. The predicted octanol–water partition coefficient (Wildman–Crippen LogP) is 14.3. The summed E-state index contributed by atoms with van der Waals surface area (Å²) in [5.74, 6) is -0.737. The van der Waals surface area contributed by atoms with E-state index in [4.69, 9.17) is 0 Å². The van der Waals surface area contributed by atoms with E-state index in [1.165, 1.54) is 0 Å². The van der Waals surface area contributed by atoms with Crippen LogP contribution in [0, 0.1) is 0 Å². The monoisotopic (exact) mass is 918 g/mol. The van der Waals surface area contributed by atoms with Gasteiger partial charge in [-0.2, -0.15) is 0 Å². The Kier molecular flexibility index (Phi) is 13.8. The van der Waals surface area contributed by atoms with Gasteiger partial charge < -0.3 is 21.3 Å². The second-order valence-electron chi connectivity index (χ2n) is 17.5. The molecule has 9 aromatic carbocycles. The van der Waals surface area contributed by atoms with Crippen molar-refractivity contribution >= 4 is 56.5 Å². The summed E-state index contributed by atoms with van der Waals surface area (Å²) in [7, 11) is 0. The van der Waals surface area contributed by atoms with Crippen LogP contribution in [-0.2, 0) is 9.59 Å². The Morgan fingerprint density at radius 3 is 1.06 bits per heavy atom. The molecule has 0 heterocycles. The Balaban J connectivity index is 1.14. The summed E-state index contributed by atoms with van der Waals surface area (Å²) < 4.78 is 0. The highest BCUT2D eigenvalue weighted by Crippen LogP contribution is 2.48. The molecule has 9 aromatic rings. The average Bonchev–Trinajstić information content (AvgIpc) is 3.41. The van der Waals surface area contributed by atoms with Gasteiger partial charge in [-0.15, -0.1) is 0 Å². The van der Waals surface area contributed by atoms with Gasteiger partial charge in [-0.3, -0.25) is 19.2 Å². The van der Waals surface area contributed by atoms with Crippen LogP contribution in [0.15, 0.2) is 194 Å². The number of anilines is 2. The van der Waals surface area contributed by atoms with E-state index in [0.717, 1.165) is 77.2 Å². The van der Waals surface area contributed by atoms with E-state index in [-0.39, 0.29) is 48.6 Å². The summed E-state index contributed by atoms with van der Waals surface area (Å²) in [5, 5.41) is 16.6. The largest absolute Gasteiger partial charge is 0.346 e. The third-order valence-electron chi connectivity index (χ3n) is 13.0. The smallest absolute Gasteiger partial charge is 0.251 e. The molecular formula is C62H54N4O4. The first-order chi connectivity index (χ1) is 34.1. The number of nitrogens with one attached hydrogen (secondary N) is 4. The van der Waals surface area contributed by atoms with Crippen molar-refractivity contribution in [2.45, 2.75) is 52.6 Å². The van der Waals surface area contributed by atoms with Crippen molar-refractivity contribution in [1.29, 1.82) is 0 Å². The topological polar surface area (TPSA) is 116 Å². The number of rotatable bonds is 14. The van der Waals surface area contributed by atoms with Gasteiger partial charge in [0.1, 0.15) is 0 Å². The SMILES string of the molecule is CCC(=O)Nc1c(-c2cccc3cccc(-c4ccc(C(=O)NC(C)c5ccccc5)cc4)c23)ccc(-c2cccc3cccc(-c4ccc(C(=O)NC(C)c5ccccc5)cc4)c23)c1NC(=O)CC. The van der Waals surface area contributed by atoms with Gasteiger partial charge in [0.05, 0.1) is 23.5 Å². The molecule has 70 heavy (non-hydrogen) atoms. The van der Waals surface area contributed by atoms with Crippen LogP contribution in [0.5, 0.6) is 0 Å². The summed E-state index contributed by atoms with van der Waals surface area (Å²) in [6.45, 7) is 7.56. The van der Waals surface area contributed by atoms with E-state index in [9.17, 15) is 19.2 Å². The first-order valence-corrected chi connectivity index (χ1v) is 23.8. The van der Waals surface area contributed by atoms with Gasteiger partial charge in [-0.25, -0.2) is 0 Å². The van der Waals surface area contributed by atoms with Crippen molar-refractivity contribution in [2.24, 2.45) is 0 Å². The molecule has 0 aliphatic rings. The highest BCUT2D eigenvalue weighted by molar-refractivity contribution is 6.17. The molecule has 0 saturated heterocycles. The molecule has 2 unspecified atom stereocenters. The fraction of sp³-hybridized carbons (Fsp3) is 0.129. The van der Waals surface area contributed by atoms with Crippen molar-refractivity contribution < 1.29 is 19.2 Å². The minimum atomic E-state index is -0.206. The van der Waals surface area contributed by atoms with E-state index < -0.39 is 0 Å². The summed E-state index contributed by atoms with van der Waals surface area (Å²) in [4.78, 5) is 54.2. The number of benzene rings is 9. The Bertz CT molecular complexity index is 3150. The van der Waals surface area contributed by atoms with E-state index in [1.807, 2.05) is 172 Å². The molecule has 0 fully saturated rings. The number of fused-ring (bicyclic) bond motifs is 2. The normalized spacial score (nSPS) is 11.9. The zero-order valence-electron chi connectivity index (χ0n) is 39.7. The van der Waals surface area contributed by atoms with Crippen LogP contribution in [0.2, 0.25) is 0 Å². The maximum atomic E-state index is 13.7. The fourth-order valence-corrected chi connectivity index (χ4v) is 9.19. The van der Waals surface area contributed by atoms with Crippen LogP contribution < -0.4 is 21.3 Å². The van der Waals surface area contributed by atoms with E-state index in [0.29, 0.717) is 22.5 Å². The first kappa shape index (κ1) is 46.5. The van der Waals surface area contributed by atoms with Crippen molar-refractivity contribution in [1.82, 2.24) is 10.6 Å².